The van der Waals surface area contributed by atoms with E-state index >= 15 is 0 Å². The van der Waals surface area contributed by atoms with Gasteiger partial charge in [-0.15, -0.1) is 0 Å². The molecule has 2 unspecified atom stereocenters. The molecule has 0 spiro atoms. The monoisotopic (exact) mass is 310 g/mol. The molecule has 0 saturated carbocycles. The standard InChI is InChI=1S/C15H22N2O3S/c1-11(10-12-6-4-3-5-7-12)16-15(20)17-13(14(18)19)8-9-21-2/h3-7,11,13H,8-10H2,1-2H3,(H,18,19)(H2,16,17,20). The zero-order chi connectivity index (χ0) is 15.7. The maximum Gasteiger partial charge on any atom is 0.326 e. The molecule has 0 aromatic heterocycles. The molecule has 0 fully saturated rings. The van der Waals surface area contributed by atoms with Crippen LogP contribution in [0, 0.1) is 0 Å². The summed E-state index contributed by atoms with van der Waals surface area (Å²) in [6.07, 6.45) is 3.02. The average molecular weight is 310 g/mol. The Kier molecular flexibility index (Phi) is 7.68. The van der Waals surface area contributed by atoms with Gasteiger partial charge >= 0.3 is 12.0 Å². The van der Waals surface area contributed by atoms with Gasteiger partial charge in [-0.25, -0.2) is 9.59 Å². The molecule has 116 valence electrons. The summed E-state index contributed by atoms with van der Waals surface area (Å²) >= 11 is 1.56. The number of carboxylic acids is 1. The molecule has 21 heavy (non-hydrogen) atoms. The molecule has 0 aliphatic rings. The first-order valence-corrected chi connectivity index (χ1v) is 8.25. The first-order chi connectivity index (χ1) is 10.0. The van der Waals surface area contributed by atoms with Gasteiger partial charge in [-0.2, -0.15) is 11.8 Å². The van der Waals surface area contributed by atoms with Crippen LogP contribution < -0.4 is 10.6 Å². The van der Waals surface area contributed by atoms with Crippen LogP contribution >= 0.6 is 11.8 Å². The van der Waals surface area contributed by atoms with E-state index in [-0.39, 0.29) is 6.04 Å². The molecule has 2 amide bonds. The number of nitrogens with one attached hydrogen (secondary N) is 2. The summed E-state index contributed by atoms with van der Waals surface area (Å²) in [5.41, 5.74) is 1.13. The number of carbonyl (C=O) groups excluding carboxylic acids is 1. The molecular formula is C15H22N2O3S. The minimum atomic E-state index is -1.00. The Bertz CT molecular complexity index is 453. The maximum atomic E-state index is 11.8. The number of hydrogen-bond donors (Lipinski definition) is 3. The van der Waals surface area contributed by atoms with Crippen LogP contribution in [0.5, 0.6) is 0 Å². The fraction of sp³-hybridized carbons (Fsp3) is 0.467. The normalized spacial score (nSPS) is 13.2. The van der Waals surface area contributed by atoms with E-state index in [1.54, 1.807) is 11.8 Å². The average Bonchev–Trinajstić information content (AvgIpc) is 2.44. The molecule has 0 aliphatic heterocycles. The van der Waals surface area contributed by atoms with Crippen molar-refractivity contribution in [2.75, 3.05) is 12.0 Å². The number of aliphatic carboxylic acids is 1. The van der Waals surface area contributed by atoms with Crippen molar-refractivity contribution in [3.8, 4) is 0 Å². The fourth-order valence-corrected chi connectivity index (χ4v) is 2.41. The number of hydrogen-bond acceptors (Lipinski definition) is 3. The van der Waals surface area contributed by atoms with Gasteiger partial charge < -0.3 is 15.7 Å². The van der Waals surface area contributed by atoms with E-state index in [1.807, 2.05) is 43.5 Å². The summed E-state index contributed by atoms with van der Waals surface area (Å²) in [5, 5.41) is 14.3. The van der Waals surface area contributed by atoms with E-state index < -0.39 is 18.0 Å². The van der Waals surface area contributed by atoms with Crippen molar-refractivity contribution in [1.82, 2.24) is 10.6 Å². The predicted molar refractivity (Wildman–Crippen MR) is 85.7 cm³/mol. The van der Waals surface area contributed by atoms with Crippen LogP contribution in [0.2, 0.25) is 0 Å². The number of carbonyl (C=O) groups is 2. The largest absolute Gasteiger partial charge is 0.480 e. The highest BCUT2D eigenvalue weighted by Crippen LogP contribution is 2.03. The Hall–Kier alpha value is -1.69. The van der Waals surface area contributed by atoms with Crippen molar-refractivity contribution in [1.29, 1.82) is 0 Å². The quantitative estimate of drug-likeness (QED) is 0.687. The lowest BCUT2D eigenvalue weighted by Crippen LogP contribution is -2.49. The second kappa shape index (κ2) is 9.28. The Morgan fingerprint density at radius 3 is 2.48 bits per heavy atom. The van der Waals surface area contributed by atoms with Crippen LogP contribution in [0.3, 0.4) is 0 Å². The van der Waals surface area contributed by atoms with Gasteiger partial charge in [0.1, 0.15) is 6.04 Å². The van der Waals surface area contributed by atoms with Gasteiger partial charge in [-0.05, 0) is 37.3 Å². The molecule has 3 N–H and O–H groups in total. The second-order valence-electron chi connectivity index (χ2n) is 4.88. The van der Waals surface area contributed by atoms with Crippen molar-refractivity contribution < 1.29 is 14.7 Å². The lowest BCUT2D eigenvalue weighted by molar-refractivity contribution is -0.139. The fourth-order valence-electron chi connectivity index (χ4n) is 1.94. The van der Waals surface area contributed by atoms with Gasteiger partial charge in [-0.3, -0.25) is 0 Å². The molecule has 5 nitrogen and oxygen atoms in total. The van der Waals surface area contributed by atoms with Crippen LogP contribution in [0.1, 0.15) is 18.9 Å². The van der Waals surface area contributed by atoms with Crippen LogP contribution in [0.4, 0.5) is 4.79 Å². The number of rotatable bonds is 8. The summed E-state index contributed by atoms with van der Waals surface area (Å²) < 4.78 is 0. The highest BCUT2D eigenvalue weighted by atomic mass is 32.2. The summed E-state index contributed by atoms with van der Waals surface area (Å²) in [6.45, 7) is 1.89. The highest BCUT2D eigenvalue weighted by Gasteiger charge is 2.20. The molecule has 0 aliphatic carbocycles. The van der Waals surface area contributed by atoms with E-state index in [9.17, 15) is 9.59 Å². The number of urea groups is 1. The number of benzene rings is 1. The molecular weight excluding hydrogens is 288 g/mol. The minimum Gasteiger partial charge on any atom is -0.480 e. The Morgan fingerprint density at radius 2 is 1.90 bits per heavy atom. The molecule has 1 aromatic carbocycles. The molecule has 0 heterocycles. The van der Waals surface area contributed by atoms with Crippen LogP contribution in [0.15, 0.2) is 30.3 Å². The Labute approximate surface area is 129 Å². The number of thioether (sulfide) groups is 1. The Balaban J connectivity index is 2.42. The summed E-state index contributed by atoms with van der Waals surface area (Å²) in [7, 11) is 0. The van der Waals surface area contributed by atoms with Gasteiger partial charge in [0.25, 0.3) is 0 Å². The van der Waals surface area contributed by atoms with Gasteiger partial charge in [0.05, 0.1) is 0 Å². The molecule has 1 rings (SSSR count). The summed E-state index contributed by atoms with van der Waals surface area (Å²) in [6, 6.07) is 8.48. The molecule has 0 bridgehead atoms. The molecule has 6 heteroatoms. The van der Waals surface area contributed by atoms with Crippen molar-refractivity contribution in [2.24, 2.45) is 0 Å². The zero-order valence-corrected chi connectivity index (χ0v) is 13.2. The highest BCUT2D eigenvalue weighted by molar-refractivity contribution is 7.98. The third kappa shape index (κ3) is 7.04. The van der Waals surface area contributed by atoms with Crippen molar-refractivity contribution >= 4 is 23.8 Å². The van der Waals surface area contributed by atoms with E-state index in [2.05, 4.69) is 10.6 Å². The first kappa shape index (κ1) is 17.4. The van der Waals surface area contributed by atoms with Crippen LogP contribution in [0.25, 0.3) is 0 Å². The van der Waals surface area contributed by atoms with Crippen molar-refractivity contribution in [3.05, 3.63) is 35.9 Å². The Morgan fingerprint density at radius 1 is 1.24 bits per heavy atom. The summed E-state index contributed by atoms with van der Waals surface area (Å²) in [5.74, 6) is -0.313. The minimum absolute atomic E-state index is 0.0672. The van der Waals surface area contributed by atoms with E-state index in [1.165, 1.54) is 0 Å². The number of carboxylic acid groups (broad SMARTS) is 1. The molecule has 0 saturated heterocycles. The second-order valence-corrected chi connectivity index (χ2v) is 5.87. The molecule has 2 atom stereocenters. The molecule has 1 aromatic rings. The summed E-state index contributed by atoms with van der Waals surface area (Å²) in [4.78, 5) is 22.9. The lowest BCUT2D eigenvalue weighted by atomic mass is 10.1. The van der Waals surface area contributed by atoms with Crippen LogP contribution in [-0.2, 0) is 11.2 Å². The lowest BCUT2D eigenvalue weighted by Gasteiger charge is -2.18. The van der Waals surface area contributed by atoms with Crippen molar-refractivity contribution in [3.63, 3.8) is 0 Å². The van der Waals surface area contributed by atoms with E-state index in [4.69, 9.17) is 5.11 Å². The SMILES string of the molecule is CSCCC(NC(=O)NC(C)Cc1ccccc1)C(=O)O. The topological polar surface area (TPSA) is 78.4 Å². The smallest absolute Gasteiger partial charge is 0.326 e. The van der Waals surface area contributed by atoms with E-state index in [0.717, 1.165) is 5.56 Å². The van der Waals surface area contributed by atoms with Gasteiger partial charge in [0.2, 0.25) is 0 Å². The zero-order valence-electron chi connectivity index (χ0n) is 12.3. The maximum absolute atomic E-state index is 11.8. The van der Waals surface area contributed by atoms with Gasteiger partial charge in [-0.1, -0.05) is 30.3 Å². The van der Waals surface area contributed by atoms with Gasteiger partial charge in [0.15, 0.2) is 0 Å². The van der Waals surface area contributed by atoms with E-state index in [0.29, 0.717) is 18.6 Å². The third-order valence-corrected chi connectivity index (χ3v) is 3.62. The first-order valence-electron chi connectivity index (χ1n) is 6.85. The predicted octanol–water partition coefficient (Wildman–Crippen LogP) is 2.12. The van der Waals surface area contributed by atoms with Gasteiger partial charge in [0, 0.05) is 6.04 Å². The third-order valence-electron chi connectivity index (χ3n) is 2.98. The van der Waals surface area contributed by atoms with Crippen LogP contribution in [-0.4, -0.2) is 41.2 Å². The number of amides is 2. The van der Waals surface area contributed by atoms with Crippen molar-refractivity contribution in [2.45, 2.75) is 31.8 Å². The molecule has 0 radical (unpaired) electrons.